The maximum Gasteiger partial charge on any atom is 0.323 e. The predicted octanol–water partition coefficient (Wildman–Crippen LogP) is 2.84. The molecule has 23 heavy (non-hydrogen) atoms. The van der Waals surface area contributed by atoms with E-state index in [0.717, 1.165) is 5.56 Å². The van der Waals surface area contributed by atoms with Crippen molar-refractivity contribution in [3.05, 3.63) is 35.9 Å². The molecular formula is C18H25NO4. The summed E-state index contributed by atoms with van der Waals surface area (Å²) in [5.74, 6) is -1.10. The van der Waals surface area contributed by atoms with Crippen molar-refractivity contribution in [3.8, 4) is 0 Å². The Morgan fingerprint density at radius 2 is 1.87 bits per heavy atom. The van der Waals surface area contributed by atoms with Gasteiger partial charge in [0.2, 0.25) is 0 Å². The normalized spacial score (nSPS) is 22.0. The molecule has 1 N–H and O–H groups in total. The summed E-state index contributed by atoms with van der Waals surface area (Å²) < 4.78 is 5.51. The van der Waals surface area contributed by atoms with E-state index in [4.69, 9.17) is 9.84 Å². The van der Waals surface area contributed by atoms with Crippen molar-refractivity contribution < 1.29 is 19.4 Å². The average molecular weight is 319 g/mol. The van der Waals surface area contributed by atoms with E-state index in [1.165, 1.54) is 0 Å². The molecule has 126 valence electrons. The fourth-order valence-corrected chi connectivity index (χ4v) is 3.01. The second-order valence-corrected chi connectivity index (χ2v) is 7.04. The number of benzene rings is 1. The third-order valence-corrected chi connectivity index (χ3v) is 3.94. The molecule has 1 unspecified atom stereocenters. The van der Waals surface area contributed by atoms with E-state index in [1.807, 2.05) is 56.0 Å². The maximum atomic E-state index is 12.5. The number of carbonyl (C=O) groups excluding carboxylic acids is 1. The molecule has 1 aliphatic heterocycles. The Hall–Kier alpha value is -1.88. The van der Waals surface area contributed by atoms with Gasteiger partial charge in [-0.15, -0.1) is 0 Å². The van der Waals surface area contributed by atoms with Crippen molar-refractivity contribution in [1.82, 2.24) is 4.90 Å². The highest BCUT2D eigenvalue weighted by Crippen LogP contribution is 2.30. The van der Waals surface area contributed by atoms with Gasteiger partial charge in [-0.1, -0.05) is 30.3 Å². The predicted molar refractivity (Wildman–Crippen MR) is 86.9 cm³/mol. The van der Waals surface area contributed by atoms with Crippen LogP contribution in [0.15, 0.2) is 30.3 Å². The highest BCUT2D eigenvalue weighted by molar-refractivity contribution is 5.77. The van der Waals surface area contributed by atoms with Gasteiger partial charge in [-0.2, -0.15) is 0 Å². The number of carboxylic acid groups (broad SMARTS) is 1. The van der Waals surface area contributed by atoms with Crippen LogP contribution in [0.1, 0.15) is 45.6 Å². The number of ether oxygens (including phenoxy) is 1. The van der Waals surface area contributed by atoms with E-state index < -0.39 is 11.6 Å². The van der Waals surface area contributed by atoms with Gasteiger partial charge in [0.05, 0.1) is 6.42 Å². The van der Waals surface area contributed by atoms with Crippen molar-refractivity contribution in [2.75, 3.05) is 0 Å². The second-order valence-electron chi connectivity index (χ2n) is 7.04. The number of rotatable bonds is 5. The molecule has 1 aromatic rings. The van der Waals surface area contributed by atoms with Crippen LogP contribution in [-0.2, 0) is 20.9 Å². The molecule has 2 rings (SSSR count). The Labute approximate surface area is 137 Å². The van der Waals surface area contributed by atoms with Gasteiger partial charge >= 0.3 is 11.9 Å². The molecule has 0 aromatic heterocycles. The van der Waals surface area contributed by atoms with Crippen LogP contribution in [-0.4, -0.2) is 39.6 Å². The number of likely N-dealkylation sites (tertiary alicyclic amines) is 1. The van der Waals surface area contributed by atoms with Gasteiger partial charge in [0.15, 0.2) is 0 Å². The fourth-order valence-electron chi connectivity index (χ4n) is 3.01. The zero-order valence-corrected chi connectivity index (χ0v) is 14.0. The number of carbonyl (C=O) groups is 2. The van der Waals surface area contributed by atoms with Crippen LogP contribution >= 0.6 is 0 Å². The minimum atomic E-state index is -0.835. The standard InChI is InChI=1S/C18H25NO4/c1-18(2,3)23-17(22)15-10-9-14(11-16(20)21)19(15)12-13-7-5-4-6-8-13/h4-8,14-15H,9-12H2,1-3H3,(H,20,21)/t14-,15?/m1/s1. The van der Waals surface area contributed by atoms with E-state index in [9.17, 15) is 9.59 Å². The highest BCUT2D eigenvalue weighted by Gasteiger charge is 2.40. The molecule has 5 heteroatoms. The van der Waals surface area contributed by atoms with E-state index in [-0.39, 0.29) is 24.5 Å². The number of carboxylic acids is 1. The van der Waals surface area contributed by atoms with E-state index in [0.29, 0.717) is 19.4 Å². The molecule has 0 bridgehead atoms. The highest BCUT2D eigenvalue weighted by atomic mass is 16.6. The lowest BCUT2D eigenvalue weighted by Crippen LogP contribution is -2.43. The monoisotopic (exact) mass is 319 g/mol. The molecule has 0 radical (unpaired) electrons. The largest absolute Gasteiger partial charge is 0.481 e. The van der Waals surface area contributed by atoms with Crippen LogP contribution in [0.2, 0.25) is 0 Å². The summed E-state index contributed by atoms with van der Waals surface area (Å²) in [5.41, 5.74) is 0.527. The Morgan fingerprint density at radius 3 is 2.43 bits per heavy atom. The summed E-state index contributed by atoms with van der Waals surface area (Å²) in [6, 6.07) is 9.29. The van der Waals surface area contributed by atoms with Crippen molar-refractivity contribution in [2.45, 2.75) is 64.3 Å². The Balaban J connectivity index is 2.16. The van der Waals surface area contributed by atoms with Crippen LogP contribution in [0.4, 0.5) is 0 Å². The Bertz CT molecular complexity index is 550. The molecule has 1 fully saturated rings. The molecule has 1 heterocycles. The van der Waals surface area contributed by atoms with Crippen molar-refractivity contribution in [2.24, 2.45) is 0 Å². The van der Waals surface area contributed by atoms with Gasteiger partial charge in [-0.05, 0) is 39.2 Å². The van der Waals surface area contributed by atoms with Gasteiger partial charge in [0.25, 0.3) is 0 Å². The topological polar surface area (TPSA) is 66.8 Å². The van der Waals surface area contributed by atoms with Crippen molar-refractivity contribution >= 4 is 11.9 Å². The van der Waals surface area contributed by atoms with Crippen LogP contribution < -0.4 is 0 Å². The summed E-state index contributed by atoms with van der Waals surface area (Å²) in [6.45, 7) is 6.09. The first-order valence-electron chi connectivity index (χ1n) is 8.00. The smallest absolute Gasteiger partial charge is 0.323 e. The first kappa shape index (κ1) is 17.5. The number of esters is 1. The lowest BCUT2D eigenvalue weighted by molar-refractivity contribution is -0.161. The molecule has 0 saturated carbocycles. The number of hydrogen-bond donors (Lipinski definition) is 1. The van der Waals surface area contributed by atoms with E-state index in [1.54, 1.807) is 0 Å². The minimum Gasteiger partial charge on any atom is -0.481 e. The summed E-state index contributed by atoms with van der Waals surface area (Å²) in [6.07, 6.45) is 1.38. The molecule has 0 aliphatic carbocycles. The van der Waals surface area contributed by atoms with Crippen molar-refractivity contribution in [1.29, 1.82) is 0 Å². The van der Waals surface area contributed by atoms with Gasteiger partial charge in [0, 0.05) is 12.6 Å². The fraction of sp³-hybridized carbons (Fsp3) is 0.556. The Kier molecular flexibility index (Phi) is 5.42. The molecule has 1 saturated heterocycles. The number of nitrogens with zero attached hydrogens (tertiary/aromatic N) is 1. The molecule has 1 aromatic carbocycles. The van der Waals surface area contributed by atoms with Crippen LogP contribution in [0.3, 0.4) is 0 Å². The van der Waals surface area contributed by atoms with Gasteiger partial charge in [0.1, 0.15) is 11.6 Å². The minimum absolute atomic E-state index is 0.0477. The summed E-state index contributed by atoms with van der Waals surface area (Å²) >= 11 is 0. The molecule has 0 amide bonds. The second kappa shape index (κ2) is 7.13. The summed E-state index contributed by atoms with van der Waals surface area (Å²) in [5, 5.41) is 9.13. The third kappa shape index (κ3) is 5.06. The zero-order valence-electron chi connectivity index (χ0n) is 14.0. The summed E-state index contributed by atoms with van der Waals surface area (Å²) in [7, 11) is 0. The number of hydrogen-bond acceptors (Lipinski definition) is 4. The van der Waals surface area contributed by atoms with Crippen LogP contribution in [0.25, 0.3) is 0 Å². The lowest BCUT2D eigenvalue weighted by Gasteiger charge is -2.30. The molecular weight excluding hydrogens is 294 g/mol. The third-order valence-electron chi connectivity index (χ3n) is 3.94. The molecule has 2 atom stereocenters. The Morgan fingerprint density at radius 1 is 1.22 bits per heavy atom. The van der Waals surface area contributed by atoms with Crippen LogP contribution in [0.5, 0.6) is 0 Å². The maximum absolute atomic E-state index is 12.5. The average Bonchev–Trinajstić information content (AvgIpc) is 2.80. The van der Waals surface area contributed by atoms with Gasteiger partial charge in [-0.25, -0.2) is 0 Å². The first-order chi connectivity index (χ1) is 10.8. The van der Waals surface area contributed by atoms with Crippen molar-refractivity contribution in [3.63, 3.8) is 0 Å². The quantitative estimate of drug-likeness (QED) is 0.845. The molecule has 0 spiro atoms. The number of aliphatic carboxylic acids is 1. The first-order valence-corrected chi connectivity index (χ1v) is 8.00. The molecule has 5 nitrogen and oxygen atoms in total. The molecule has 1 aliphatic rings. The van der Waals surface area contributed by atoms with E-state index in [2.05, 4.69) is 0 Å². The van der Waals surface area contributed by atoms with Gasteiger partial charge in [-0.3, -0.25) is 14.5 Å². The summed E-state index contributed by atoms with van der Waals surface area (Å²) in [4.78, 5) is 25.6. The van der Waals surface area contributed by atoms with Gasteiger partial charge < -0.3 is 9.84 Å². The van der Waals surface area contributed by atoms with Crippen LogP contribution in [0, 0.1) is 0 Å². The lowest BCUT2D eigenvalue weighted by atomic mass is 10.1. The zero-order chi connectivity index (χ0) is 17.0. The SMILES string of the molecule is CC(C)(C)OC(=O)C1CC[C@H](CC(=O)O)N1Cc1ccccc1. The van der Waals surface area contributed by atoms with E-state index >= 15 is 0 Å².